The van der Waals surface area contributed by atoms with E-state index in [1.165, 1.54) is 16.0 Å². The van der Waals surface area contributed by atoms with Crippen LogP contribution in [0.15, 0.2) is 42.5 Å². The maximum Gasteiger partial charge on any atom is 0.338 e. The van der Waals surface area contributed by atoms with Gasteiger partial charge in [-0.05, 0) is 54.7 Å². The molecule has 0 radical (unpaired) electrons. The van der Waals surface area contributed by atoms with Crippen LogP contribution in [-0.4, -0.2) is 35.4 Å². The van der Waals surface area contributed by atoms with Crippen molar-refractivity contribution in [2.45, 2.75) is 25.8 Å². The number of hydrogen-bond donors (Lipinski definition) is 0. The van der Waals surface area contributed by atoms with Gasteiger partial charge in [-0.3, -0.25) is 4.79 Å². The molecule has 0 saturated heterocycles. The van der Waals surface area contributed by atoms with E-state index in [0.29, 0.717) is 12.1 Å². The number of para-hydroxylation sites is 1. The van der Waals surface area contributed by atoms with Crippen molar-refractivity contribution in [2.24, 2.45) is 0 Å². The van der Waals surface area contributed by atoms with Crippen LogP contribution in [0.3, 0.4) is 0 Å². The Labute approximate surface area is 161 Å². The molecule has 0 N–H and O–H groups in total. The van der Waals surface area contributed by atoms with Gasteiger partial charge in [0.25, 0.3) is 5.91 Å². The SMILES string of the molecule is CN(Cc1nc2ccccc2s1)C(=O)COC(=O)c1ccc2c(c1)CCC2. The quantitative estimate of drug-likeness (QED) is 0.635. The number of thiazole rings is 1. The van der Waals surface area contributed by atoms with E-state index in [4.69, 9.17) is 4.74 Å². The average Bonchev–Trinajstić information content (AvgIpc) is 3.30. The third kappa shape index (κ3) is 3.85. The Morgan fingerprint density at radius 1 is 1.15 bits per heavy atom. The van der Waals surface area contributed by atoms with Crippen molar-refractivity contribution in [2.75, 3.05) is 13.7 Å². The van der Waals surface area contributed by atoms with E-state index >= 15 is 0 Å². The molecule has 0 fully saturated rings. The fraction of sp³-hybridized carbons (Fsp3) is 0.286. The number of carbonyl (C=O) groups is 2. The Balaban J connectivity index is 1.33. The standard InChI is InChI=1S/C21H20N2O3S/c1-23(12-19-22-17-7-2-3-8-18(17)27-19)20(24)13-26-21(25)16-10-9-14-5-4-6-15(14)11-16/h2-3,7-11H,4-6,12-13H2,1H3. The Morgan fingerprint density at radius 3 is 2.81 bits per heavy atom. The van der Waals surface area contributed by atoms with Gasteiger partial charge in [0.2, 0.25) is 0 Å². The highest BCUT2D eigenvalue weighted by molar-refractivity contribution is 7.18. The van der Waals surface area contributed by atoms with Crippen LogP contribution in [0.4, 0.5) is 0 Å². The maximum atomic E-state index is 12.3. The lowest BCUT2D eigenvalue weighted by atomic mass is 10.1. The third-order valence-corrected chi connectivity index (χ3v) is 5.82. The molecule has 3 aromatic rings. The smallest absolute Gasteiger partial charge is 0.338 e. The molecule has 0 atom stereocenters. The number of aromatic nitrogens is 1. The van der Waals surface area contributed by atoms with E-state index < -0.39 is 5.97 Å². The van der Waals surface area contributed by atoms with E-state index in [-0.39, 0.29) is 12.5 Å². The molecule has 0 saturated carbocycles. The number of amides is 1. The highest BCUT2D eigenvalue weighted by Gasteiger charge is 2.17. The van der Waals surface area contributed by atoms with E-state index in [1.807, 2.05) is 36.4 Å². The number of fused-ring (bicyclic) bond motifs is 2. The Bertz CT molecular complexity index is 979. The van der Waals surface area contributed by atoms with Gasteiger partial charge in [-0.1, -0.05) is 18.2 Å². The zero-order valence-electron chi connectivity index (χ0n) is 15.1. The van der Waals surface area contributed by atoms with E-state index in [0.717, 1.165) is 34.5 Å². The molecule has 1 amide bonds. The van der Waals surface area contributed by atoms with Crippen molar-refractivity contribution < 1.29 is 14.3 Å². The summed E-state index contributed by atoms with van der Waals surface area (Å²) in [5.74, 6) is -0.699. The largest absolute Gasteiger partial charge is 0.452 e. The molecular formula is C21H20N2O3S. The van der Waals surface area contributed by atoms with Gasteiger partial charge in [0, 0.05) is 7.05 Å². The molecule has 1 aliphatic carbocycles. The summed E-state index contributed by atoms with van der Waals surface area (Å²) in [6.07, 6.45) is 3.20. The van der Waals surface area contributed by atoms with Crippen molar-refractivity contribution >= 4 is 33.4 Å². The van der Waals surface area contributed by atoms with Gasteiger partial charge in [-0.15, -0.1) is 11.3 Å². The second-order valence-corrected chi connectivity index (χ2v) is 7.85. The van der Waals surface area contributed by atoms with Crippen LogP contribution in [0.2, 0.25) is 0 Å². The normalized spacial score (nSPS) is 12.8. The summed E-state index contributed by atoms with van der Waals surface area (Å²) >= 11 is 1.56. The number of nitrogens with zero attached hydrogens (tertiary/aromatic N) is 2. The maximum absolute atomic E-state index is 12.3. The van der Waals surface area contributed by atoms with Gasteiger partial charge in [-0.25, -0.2) is 9.78 Å². The molecule has 5 nitrogen and oxygen atoms in total. The van der Waals surface area contributed by atoms with E-state index in [1.54, 1.807) is 24.5 Å². The molecule has 27 heavy (non-hydrogen) atoms. The summed E-state index contributed by atoms with van der Waals surface area (Å²) in [5, 5.41) is 0.858. The third-order valence-electron chi connectivity index (χ3n) is 4.80. The fourth-order valence-corrected chi connectivity index (χ4v) is 4.32. The molecule has 0 aliphatic heterocycles. The number of rotatable bonds is 5. The fourth-order valence-electron chi connectivity index (χ4n) is 3.30. The van der Waals surface area contributed by atoms with E-state index in [2.05, 4.69) is 4.98 Å². The topological polar surface area (TPSA) is 59.5 Å². The summed E-state index contributed by atoms with van der Waals surface area (Å²) in [4.78, 5) is 30.6. The average molecular weight is 380 g/mol. The van der Waals surface area contributed by atoms with Crippen LogP contribution >= 0.6 is 11.3 Å². The molecular weight excluding hydrogens is 360 g/mol. The van der Waals surface area contributed by atoms with Gasteiger partial charge < -0.3 is 9.64 Å². The number of esters is 1. The molecule has 1 aromatic heterocycles. The second-order valence-electron chi connectivity index (χ2n) is 6.74. The predicted molar refractivity (Wildman–Crippen MR) is 105 cm³/mol. The predicted octanol–water partition coefficient (Wildman–Crippen LogP) is 3.60. The number of benzene rings is 2. The Kier molecular flexibility index (Phi) is 4.90. The zero-order chi connectivity index (χ0) is 18.8. The first-order chi connectivity index (χ1) is 13.1. The second kappa shape index (κ2) is 7.48. The molecule has 138 valence electrons. The number of likely N-dealkylation sites (N-methyl/N-ethyl adjacent to an activating group) is 1. The first-order valence-corrected chi connectivity index (χ1v) is 9.79. The molecule has 2 aromatic carbocycles. The number of hydrogen-bond acceptors (Lipinski definition) is 5. The van der Waals surface area contributed by atoms with Crippen LogP contribution in [0.25, 0.3) is 10.2 Å². The summed E-state index contributed by atoms with van der Waals surface area (Å²) in [7, 11) is 1.69. The summed E-state index contributed by atoms with van der Waals surface area (Å²) < 4.78 is 6.31. The first-order valence-electron chi connectivity index (χ1n) is 8.97. The Morgan fingerprint density at radius 2 is 1.96 bits per heavy atom. The summed E-state index contributed by atoms with van der Waals surface area (Å²) in [6, 6.07) is 13.5. The minimum Gasteiger partial charge on any atom is -0.452 e. The lowest BCUT2D eigenvalue weighted by molar-refractivity contribution is -0.133. The minimum atomic E-state index is -0.452. The summed E-state index contributed by atoms with van der Waals surface area (Å²) in [5.41, 5.74) is 3.96. The van der Waals surface area contributed by atoms with Gasteiger partial charge in [-0.2, -0.15) is 0 Å². The van der Waals surface area contributed by atoms with Crippen molar-refractivity contribution in [3.05, 3.63) is 64.2 Å². The molecule has 0 bridgehead atoms. The molecule has 6 heteroatoms. The zero-order valence-corrected chi connectivity index (χ0v) is 15.9. The monoisotopic (exact) mass is 380 g/mol. The first kappa shape index (κ1) is 17.7. The van der Waals surface area contributed by atoms with Crippen LogP contribution in [0, 0.1) is 0 Å². The van der Waals surface area contributed by atoms with Gasteiger partial charge in [0.15, 0.2) is 6.61 Å². The number of ether oxygens (including phenoxy) is 1. The highest BCUT2D eigenvalue weighted by atomic mass is 32.1. The Hall–Kier alpha value is -2.73. The van der Waals surface area contributed by atoms with Crippen molar-refractivity contribution in [1.82, 2.24) is 9.88 Å². The number of carbonyl (C=O) groups excluding carboxylic acids is 2. The number of aryl methyl sites for hydroxylation is 2. The molecule has 1 heterocycles. The highest BCUT2D eigenvalue weighted by Crippen LogP contribution is 2.24. The lowest BCUT2D eigenvalue weighted by Gasteiger charge is -2.15. The molecule has 0 unspecified atom stereocenters. The summed E-state index contributed by atoms with van der Waals surface area (Å²) in [6.45, 7) is 0.131. The minimum absolute atomic E-state index is 0.247. The molecule has 0 spiro atoms. The van der Waals surface area contributed by atoms with Gasteiger partial charge in [0.05, 0.1) is 22.3 Å². The van der Waals surface area contributed by atoms with Crippen LogP contribution in [-0.2, 0) is 28.9 Å². The molecule has 1 aliphatic rings. The van der Waals surface area contributed by atoms with Crippen molar-refractivity contribution in [1.29, 1.82) is 0 Å². The van der Waals surface area contributed by atoms with Crippen LogP contribution < -0.4 is 0 Å². The van der Waals surface area contributed by atoms with Crippen LogP contribution in [0.5, 0.6) is 0 Å². The van der Waals surface area contributed by atoms with Crippen molar-refractivity contribution in [3.63, 3.8) is 0 Å². The van der Waals surface area contributed by atoms with E-state index in [9.17, 15) is 9.59 Å². The van der Waals surface area contributed by atoms with Gasteiger partial charge >= 0.3 is 5.97 Å². The van der Waals surface area contributed by atoms with Crippen LogP contribution in [0.1, 0.15) is 32.9 Å². The molecule has 4 rings (SSSR count). The lowest BCUT2D eigenvalue weighted by Crippen LogP contribution is -2.30. The van der Waals surface area contributed by atoms with Crippen molar-refractivity contribution in [3.8, 4) is 0 Å². The van der Waals surface area contributed by atoms with Gasteiger partial charge in [0.1, 0.15) is 5.01 Å².